The Balaban J connectivity index is 1.67. The van der Waals surface area contributed by atoms with Crippen molar-refractivity contribution < 1.29 is 13.2 Å². The summed E-state index contributed by atoms with van der Waals surface area (Å²) in [6.07, 6.45) is 4.50. The second kappa shape index (κ2) is 5.11. The molecule has 0 aromatic carbocycles. The van der Waals surface area contributed by atoms with Crippen LogP contribution >= 0.6 is 22.7 Å². The maximum absolute atomic E-state index is 12.2. The molecule has 0 aliphatic heterocycles. The molecule has 0 bridgehead atoms. The van der Waals surface area contributed by atoms with Crippen LogP contribution in [0.4, 0.5) is 0 Å². The average molecular weight is 364 g/mol. The Labute approximate surface area is 138 Å². The van der Waals surface area contributed by atoms with E-state index >= 15 is 0 Å². The van der Waals surface area contributed by atoms with Crippen molar-refractivity contribution in [1.29, 1.82) is 0 Å². The van der Waals surface area contributed by atoms with Crippen LogP contribution in [0.1, 0.15) is 9.67 Å². The second-order valence-electron chi connectivity index (χ2n) is 4.59. The smallest absolute Gasteiger partial charge is 0.275 e. The Morgan fingerprint density at radius 2 is 2.22 bits per heavy atom. The van der Waals surface area contributed by atoms with Crippen molar-refractivity contribution in [3.05, 3.63) is 47.0 Å². The molecule has 0 aliphatic carbocycles. The summed E-state index contributed by atoms with van der Waals surface area (Å²) >= 11 is 2.65. The number of hydrogen-bond acceptors (Lipinski definition) is 7. The average Bonchev–Trinajstić information content (AvgIpc) is 3.19. The van der Waals surface area contributed by atoms with Crippen molar-refractivity contribution >= 4 is 53.9 Å². The number of thiazole rings is 1. The standard InChI is InChI=1S/C13H8N4O3S3/c18-11(16-23(19,20)8-2-1-3-14-7-8)10-6-9-12(22-10)15-13-17(9)4-5-21-13/h1-7H,(H,16,18). The number of pyridine rings is 1. The van der Waals surface area contributed by atoms with Crippen molar-refractivity contribution in [3.63, 3.8) is 0 Å². The van der Waals surface area contributed by atoms with Gasteiger partial charge in [0.05, 0.1) is 10.4 Å². The fourth-order valence-electron chi connectivity index (χ4n) is 2.10. The van der Waals surface area contributed by atoms with E-state index < -0.39 is 15.9 Å². The Morgan fingerprint density at radius 1 is 1.35 bits per heavy atom. The molecule has 0 fully saturated rings. The van der Waals surface area contributed by atoms with Gasteiger partial charge in [-0.25, -0.2) is 18.1 Å². The fourth-order valence-corrected chi connectivity index (χ4v) is 4.79. The summed E-state index contributed by atoms with van der Waals surface area (Å²) in [7, 11) is -3.94. The predicted molar refractivity (Wildman–Crippen MR) is 87.3 cm³/mol. The van der Waals surface area contributed by atoms with E-state index in [1.807, 2.05) is 16.0 Å². The van der Waals surface area contributed by atoms with E-state index in [2.05, 4.69) is 14.7 Å². The summed E-state index contributed by atoms with van der Waals surface area (Å²) in [6, 6.07) is 4.51. The fraction of sp³-hybridized carbons (Fsp3) is 0. The summed E-state index contributed by atoms with van der Waals surface area (Å²) < 4.78 is 28.2. The zero-order valence-corrected chi connectivity index (χ0v) is 13.8. The van der Waals surface area contributed by atoms with Gasteiger partial charge < -0.3 is 0 Å². The van der Waals surface area contributed by atoms with Crippen molar-refractivity contribution in [2.24, 2.45) is 0 Å². The topological polar surface area (TPSA) is 93.4 Å². The molecule has 0 aliphatic rings. The van der Waals surface area contributed by atoms with Crippen molar-refractivity contribution in [2.45, 2.75) is 4.90 Å². The van der Waals surface area contributed by atoms with Crippen LogP contribution in [0.25, 0.3) is 15.3 Å². The van der Waals surface area contributed by atoms with E-state index in [0.29, 0.717) is 4.83 Å². The highest BCUT2D eigenvalue weighted by Crippen LogP contribution is 2.28. The van der Waals surface area contributed by atoms with Gasteiger partial charge in [-0.2, -0.15) is 0 Å². The van der Waals surface area contributed by atoms with E-state index in [-0.39, 0.29) is 9.77 Å². The Hall–Kier alpha value is -2.30. The van der Waals surface area contributed by atoms with Crippen LogP contribution in [0.3, 0.4) is 0 Å². The number of nitrogens with one attached hydrogen (secondary N) is 1. The molecule has 4 aromatic rings. The first-order chi connectivity index (χ1) is 11.0. The van der Waals surface area contributed by atoms with Gasteiger partial charge in [-0.3, -0.25) is 14.2 Å². The molecule has 1 amide bonds. The lowest BCUT2D eigenvalue weighted by molar-refractivity contribution is 0.0985. The number of carbonyl (C=O) groups is 1. The third-order valence-corrected chi connectivity index (χ3v) is 6.23. The maximum atomic E-state index is 12.2. The van der Waals surface area contributed by atoms with Crippen LogP contribution in [0, 0.1) is 0 Å². The largest absolute Gasteiger partial charge is 0.289 e. The van der Waals surface area contributed by atoms with Crippen molar-refractivity contribution in [1.82, 2.24) is 19.1 Å². The molecule has 10 heteroatoms. The van der Waals surface area contributed by atoms with Gasteiger partial charge >= 0.3 is 0 Å². The molecule has 4 aromatic heterocycles. The molecule has 0 unspecified atom stereocenters. The summed E-state index contributed by atoms with van der Waals surface area (Å²) in [5.74, 6) is -0.680. The number of hydrogen-bond donors (Lipinski definition) is 1. The van der Waals surface area contributed by atoms with Gasteiger partial charge in [0.15, 0.2) is 4.96 Å². The first-order valence-electron chi connectivity index (χ1n) is 6.37. The van der Waals surface area contributed by atoms with E-state index in [4.69, 9.17) is 0 Å². The summed E-state index contributed by atoms with van der Waals surface area (Å²) in [4.78, 5) is 22.1. The molecule has 116 valence electrons. The monoisotopic (exact) mass is 364 g/mol. The Morgan fingerprint density at radius 3 is 3.00 bits per heavy atom. The second-order valence-corrected chi connectivity index (χ2v) is 8.18. The maximum Gasteiger partial charge on any atom is 0.275 e. The SMILES string of the molecule is O=C(NS(=O)(=O)c1cccnc1)c1cc2c(nc3sccn32)s1. The van der Waals surface area contributed by atoms with E-state index in [1.54, 1.807) is 6.07 Å². The first kappa shape index (κ1) is 14.3. The van der Waals surface area contributed by atoms with Gasteiger partial charge in [-0.05, 0) is 18.2 Å². The molecule has 4 heterocycles. The van der Waals surface area contributed by atoms with Gasteiger partial charge in [0.2, 0.25) is 0 Å². The molecular formula is C13H8N4O3S3. The number of amides is 1. The van der Waals surface area contributed by atoms with Crippen LogP contribution < -0.4 is 4.72 Å². The molecule has 0 saturated carbocycles. The summed E-state index contributed by atoms with van der Waals surface area (Å²) in [6.45, 7) is 0. The van der Waals surface area contributed by atoms with Crippen molar-refractivity contribution in [3.8, 4) is 0 Å². The minimum absolute atomic E-state index is 0.0587. The van der Waals surface area contributed by atoms with Gasteiger partial charge in [0, 0.05) is 24.0 Å². The lowest BCUT2D eigenvalue weighted by Gasteiger charge is -2.04. The molecule has 0 spiro atoms. The molecule has 0 atom stereocenters. The number of sulfonamides is 1. The van der Waals surface area contributed by atoms with Gasteiger partial charge in [0.25, 0.3) is 15.9 Å². The van der Waals surface area contributed by atoms with Gasteiger partial charge in [-0.1, -0.05) is 0 Å². The molecule has 23 heavy (non-hydrogen) atoms. The summed E-state index contributed by atoms with van der Waals surface area (Å²) in [5.41, 5.74) is 0.787. The first-order valence-corrected chi connectivity index (χ1v) is 9.55. The number of fused-ring (bicyclic) bond motifs is 3. The molecule has 4 rings (SSSR count). The van der Waals surface area contributed by atoms with Crippen LogP contribution in [0.2, 0.25) is 0 Å². The minimum Gasteiger partial charge on any atom is -0.289 e. The number of aromatic nitrogens is 3. The van der Waals surface area contributed by atoms with Crippen LogP contribution in [0.5, 0.6) is 0 Å². The lowest BCUT2D eigenvalue weighted by Crippen LogP contribution is -2.30. The molecule has 7 nitrogen and oxygen atoms in total. The third-order valence-electron chi connectivity index (χ3n) is 3.14. The number of nitrogens with zero attached hydrogens (tertiary/aromatic N) is 3. The predicted octanol–water partition coefficient (Wildman–Crippen LogP) is 2.12. The molecule has 0 radical (unpaired) electrons. The third kappa shape index (κ3) is 2.40. The van der Waals surface area contributed by atoms with E-state index in [0.717, 1.165) is 21.8 Å². The lowest BCUT2D eigenvalue weighted by atomic mass is 10.4. The number of carbonyl (C=O) groups excluding carboxylic acids is 1. The summed E-state index contributed by atoms with van der Waals surface area (Å²) in [5, 5.41) is 1.89. The van der Waals surface area contributed by atoms with Gasteiger partial charge in [-0.15, -0.1) is 22.7 Å². The van der Waals surface area contributed by atoms with E-state index in [9.17, 15) is 13.2 Å². The highest BCUT2D eigenvalue weighted by atomic mass is 32.2. The minimum atomic E-state index is -3.94. The zero-order chi connectivity index (χ0) is 16.0. The Kier molecular flexibility index (Phi) is 3.18. The molecule has 0 saturated heterocycles. The number of rotatable bonds is 3. The normalized spacial score (nSPS) is 12.0. The van der Waals surface area contributed by atoms with Crippen LogP contribution in [-0.2, 0) is 10.0 Å². The quantitative estimate of drug-likeness (QED) is 0.601. The Bertz CT molecular complexity index is 1130. The highest BCUT2D eigenvalue weighted by Gasteiger charge is 2.21. The molecular weight excluding hydrogens is 356 g/mol. The van der Waals surface area contributed by atoms with Crippen LogP contribution in [0.15, 0.2) is 47.1 Å². The zero-order valence-electron chi connectivity index (χ0n) is 11.3. The molecule has 1 N–H and O–H groups in total. The van der Waals surface area contributed by atoms with E-state index in [1.165, 1.54) is 35.9 Å². The van der Waals surface area contributed by atoms with Crippen LogP contribution in [-0.4, -0.2) is 28.7 Å². The number of imidazole rings is 1. The highest BCUT2D eigenvalue weighted by molar-refractivity contribution is 7.90. The van der Waals surface area contributed by atoms with Gasteiger partial charge in [0.1, 0.15) is 9.73 Å². The number of thiophene rings is 1. The van der Waals surface area contributed by atoms with Crippen molar-refractivity contribution in [2.75, 3.05) is 0 Å².